The maximum atomic E-state index is 5.27. The lowest BCUT2D eigenvalue weighted by atomic mass is 9.83. The molecular weight excluding hydrogens is 244 g/mol. The highest BCUT2D eigenvalue weighted by Crippen LogP contribution is 2.43. The van der Waals surface area contributed by atoms with E-state index in [1.807, 2.05) is 0 Å². The molecule has 17 heavy (non-hydrogen) atoms. The molecule has 0 spiro atoms. The molecule has 1 heterocycles. The topological polar surface area (TPSA) is 0 Å². The minimum atomic E-state index is 0.450. The third kappa shape index (κ3) is 5.02. The van der Waals surface area contributed by atoms with Crippen LogP contribution < -0.4 is 0 Å². The Balaban J connectivity index is 2.42. The van der Waals surface area contributed by atoms with Gasteiger partial charge in [0.05, 0.1) is 4.58 Å². The van der Waals surface area contributed by atoms with Crippen LogP contribution in [-0.4, -0.2) is 16.1 Å². The maximum Gasteiger partial charge on any atom is 0.0708 e. The van der Waals surface area contributed by atoms with Gasteiger partial charge in [0.2, 0.25) is 0 Å². The summed E-state index contributed by atoms with van der Waals surface area (Å²) in [7, 11) is 0. The number of hydrogen-bond acceptors (Lipinski definition) is 2. The highest BCUT2D eigenvalue weighted by atomic mass is 32.2. The van der Waals surface area contributed by atoms with E-state index in [1.165, 1.54) is 17.1 Å². The van der Waals surface area contributed by atoms with Gasteiger partial charge in [-0.3, -0.25) is 0 Å². The van der Waals surface area contributed by atoms with Crippen molar-refractivity contribution < 1.29 is 0 Å². The van der Waals surface area contributed by atoms with Crippen LogP contribution in [0.15, 0.2) is 11.6 Å². The first-order valence-corrected chi connectivity index (χ1v) is 8.38. The predicted molar refractivity (Wildman–Crippen MR) is 83.5 cm³/mol. The van der Waals surface area contributed by atoms with Gasteiger partial charge in [0.15, 0.2) is 0 Å². The molecule has 0 aliphatic carbocycles. The van der Waals surface area contributed by atoms with E-state index in [4.69, 9.17) is 6.42 Å². The molecule has 1 fully saturated rings. The standard InChI is InChI=1S/C15H24S2/c1-6-7-8-9-12(2)14-16-10-13(11-17-14)15(3,4)5/h1,9,13-14H,7-8,10-11H2,2-5H3/b12-9+. The van der Waals surface area contributed by atoms with Gasteiger partial charge in [0.25, 0.3) is 0 Å². The number of terminal acetylenes is 1. The molecule has 1 rings (SSSR count). The number of hydrogen-bond donors (Lipinski definition) is 0. The quantitative estimate of drug-likeness (QED) is 0.409. The molecule has 96 valence electrons. The number of thioether (sulfide) groups is 2. The summed E-state index contributed by atoms with van der Waals surface area (Å²) in [6.45, 7) is 9.32. The van der Waals surface area contributed by atoms with Gasteiger partial charge in [-0.2, -0.15) is 0 Å². The normalized spacial score (nSPS) is 26.6. The van der Waals surface area contributed by atoms with E-state index in [0.29, 0.717) is 10.00 Å². The Kier molecular flexibility index (Phi) is 6.03. The van der Waals surface area contributed by atoms with Gasteiger partial charge in [-0.1, -0.05) is 32.4 Å². The zero-order valence-corrected chi connectivity index (χ0v) is 13.1. The average molecular weight is 268 g/mol. The fraction of sp³-hybridized carbons (Fsp3) is 0.733. The van der Waals surface area contributed by atoms with E-state index < -0.39 is 0 Å². The van der Waals surface area contributed by atoms with Crippen molar-refractivity contribution in [2.45, 2.75) is 45.1 Å². The molecule has 0 unspecified atom stereocenters. The first-order chi connectivity index (χ1) is 7.95. The molecule has 0 bridgehead atoms. The number of rotatable bonds is 3. The van der Waals surface area contributed by atoms with E-state index in [1.54, 1.807) is 0 Å². The zero-order valence-electron chi connectivity index (χ0n) is 11.5. The van der Waals surface area contributed by atoms with Gasteiger partial charge >= 0.3 is 0 Å². The summed E-state index contributed by atoms with van der Waals surface area (Å²) < 4.78 is 0.659. The van der Waals surface area contributed by atoms with Gasteiger partial charge in [-0.05, 0) is 36.2 Å². The first kappa shape index (κ1) is 15.1. The highest BCUT2D eigenvalue weighted by Gasteiger charge is 2.30. The van der Waals surface area contributed by atoms with Crippen molar-refractivity contribution in [3.8, 4) is 12.3 Å². The van der Waals surface area contributed by atoms with Gasteiger partial charge in [-0.15, -0.1) is 35.9 Å². The van der Waals surface area contributed by atoms with Crippen molar-refractivity contribution in [3.05, 3.63) is 11.6 Å². The van der Waals surface area contributed by atoms with Crippen LogP contribution in [0.25, 0.3) is 0 Å². The van der Waals surface area contributed by atoms with E-state index in [-0.39, 0.29) is 0 Å². The summed E-state index contributed by atoms with van der Waals surface area (Å²) >= 11 is 4.21. The Morgan fingerprint density at radius 1 is 1.35 bits per heavy atom. The van der Waals surface area contributed by atoms with E-state index in [2.05, 4.69) is 63.2 Å². The summed E-state index contributed by atoms with van der Waals surface area (Å²) in [5, 5.41) is 0. The van der Waals surface area contributed by atoms with Gasteiger partial charge in [-0.25, -0.2) is 0 Å². The summed E-state index contributed by atoms with van der Waals surface area (Å²) in [5.74, 6) is 6.12. The molecule has 0 aromatic heterocycles. The Morgan fingerprint density at radius 3 is 2.41 bits per heavy atom. The summed E-state index contributed by atoms with van der Waals surface area (Å²) in [4.78, 5) is 0. The Morgan fingerprint density at radius 2 is 1.94 bits per heavy atom. The third-order valence-electron chi connectivity index (χ3n) is 3.25. The molecule has 0 radical (unpaired) electrons. The Bertz CT molecular complexity index is 296. The fourth-order valence-electron chi connectivity index (χ4n) is 1.75. The molecule has 0 aromatic carbocycles. The summed E-state index contributed by atoms with van der Waals surface area (Å²) in [6, 6.07) is 0. The fourth-order valence-corrected chi connectivity index (χ4v) is 5.52. The van der Waals surface area contributed by atoms with Crippen LogP contribution in [0, 0.1) is 23.7 Å². The molecule has 2 heteroatoms. The minimum Gasteiger partial charge on any atom is -0.143 e. The summed E-state index contributed by atoms with van der Waals surface area (Å²) in [5.41, 5.74) is 1.95. The van der Waals surface area contributed by atoms with E-state index >= 15 is 0 Å². The van der Waals surface area contributed by atoms with Gasteiger partial charge < -0.3 is 0 Å². The third-order valence-corrected chi connectivity index (χ3v) is 6.60. The molecule has 0 amide bonds. The van der Waals surface area contributed by atoms with Crippen molar-refractivity contribution in [2.24, 2.45) is 11.3 Å². The zero-order chi connectivity index (χ0) is 12.9. The van der Waals surface area contributed by atoms with Crippen molar-refractivity contribution in [2.75, 3.05) is 11.5 Å². The highest BCUT2D eigenvalue weighted by molar-refractivity contribution is 8.17. The van der Waals surface area contributed by atoms with Crippen molar-refractivity contribution >= 4 is 23.5 Å². The minimum absolute atomic E-state index is 0.450. The van der Waals surface area contributed by atoms with Crippen LogP contribution in [0.4, 0.5) is 0 Å². The largest absolute Gasteiger partial charge is 0.143 e. The van der Waals surface area contributed by atoms with Crippen LogP contribution in [-0.2, 0) is 0 Å². The predicted octanol–water partition coefficient (Wildman–Crippen LogP) is 4.81. The van der Waals surface area contributed by atoms with Crippen LogP contribution >= 0.6 is 23.5 Å². The number of unbranched alkanes of at least 4 members (excludes halogenated alkanes) is 1. The monoisotopic (exact) mass is 268 g/mol. The Labute approximate surface area is 115 Å². The maximum absolute atomic E-state index is 5.27. The van der Waals surface area contributed by atoms with Crippen LogP contribution in [0.5, 0.6) is 0 Å². The summed E-state index contributed by atoms with van der Waals surface area (Å²) in [6.07, 6.45) is 9.49. The van der Waals surface area contributed by atoms with E-state index in [9.17, 15) is 0 Å². The molecule has 0 aromatic rings. The molecule has 0 atom stereocenters. The first-order valence-electron chi connectivity index (χ1n) is 6.28. The molecule has 1 aliphatic heterocycles. The molecular formula is C15H24S2. The lowest BCUT2D eigenvalue weighted by molar-refractivity contribution is 0.293. The molecule has 0 saturated carbocycles. The van der Waals surface area contributed by atoms with Crippen molar-refractivity contribution in [1.29, 1.82) is 0 Å². The number of allylic oxidation sites excluding steroid dienone is 1. The SMILES string of the molecule is C#CCC/C=C(\C)C1SCC(C(C)(C)C)CS1. The molecule has 1 saturated heterocycles. The van der Waals surface area contributed by atoms with Crippen LogP contribution in [0.1, 0.15) is 40.5 Å². The average Bonchev–Trinajstić information content (AvgIpc) is 2.28. The van der Waals surface area contributed by atoms with Gasteiger partial charge in [0.1, 0.15) is 0 Å². The lowest BCUT2D eigenvalue weighted by Gasteiger charge is -2.36. The van der Waals surface area contributed by atoms with Crippen LogP contribution in [0.3, 0.4) is 0 Å². The van der Waals surface area contributed by atoms with Crippen molar-refractivity contribution in [3.63, 3.8) is 0 Å². The molecule has 0 nitrogen and oxygen atoms in total. The smallest absolute Gasteiger partial charge is 0.0708 e. The van der Waals surface area contributed by atoms with Gasteiger partial charge in [0, 0.05) is 6.42 Å². The second-order valence-electron chi connectivity index (χ2n) is 5.75. The second-order valence-corrected chi connectivity index (χ2v) is 8.33. The molecule has 1 aliphatic rings. The van der Waals surface area contributed by atoms with Crippen LogP contribution in [0.2, 0.25) is 0 Å². The van der Waals surface area contributed by atoms with E-state index in [0.717, 1.165) is 18.8 Å². The second kappa shape index (κ2) is 6.81. The lowest BCUT2D eigenvalue weighted by Crippen LogP contribution is -2.29. The van der Waals surface area contributed by atoms with Crippen molar-refractivity contribution in [1.82, 2.24) is 0 Å². The Hall–Kier alpha value is -0.000000000000000111. The molecule has 0 N–H and O–H groups in total.